The van der Waals surface area contributed by atoms with Crippen molar-refractivity contribution in [3.8, 4) is 0 Å². The summed E-state index contributed by atoms with van der Waals surface area (Å²) in [6, 6.07) is 22.2. The minimum Gasteiger partial charge on any atom is -0.359 e. The lowest BCUT2D eigenvalue weighted by atomic mass is 10.1. The molecule has 2 aromatic carbocycles. The van der Waals surface area contributed by atoms with E-state index in [1.807, 2.05) is 42.5 Å². The molecule has 34 heavy (non-hydrogen) atoms. The molecule has 4 rings (SSSR count). The molecule has 0 spiro atoms. The molecule has 7 nitrogen and oxygen atoms in total. The predicted molar refractivity (Wildman–Crippen MR) is 128 cm³/mol. The van der Waals surface area contributed by atoms with Gasteiger partial charge in [-0.05, 0) is 41.8 Å². The molecule has 172 valence electrons. The van der Waals surface area contributed by atoms with Crippen molar-refractivity contribution in [2.24, 2.45) is 0 Å². The maximum atomic E-state index is 13.1. The van der Waals surface area contributed by atoms with Gasteiger partial charge in [-0.2, -0.15) is 0 Å². The molecule has 2 amide bonds. The molecule has 0 aliphatic rings. The summed E-state index contributed by atoms with van der Waals surface area (Å²) >= 11 is 5.99. The molecule has 0 aliphatic carbocycles. The van der Waals surface area contributed by atoms with Crippen molar-refractivity contribution in [2.45, 2.75) is 19.5 Å². The van der Waals surface area contributed by atoms with Crippen LogP contribution in [0.4, 0.5) is 0 Å². The predicted octanol–water partition coefficient (Wildman–Crippen LogP) is 4.54. The molecule has 0 aliphatic heterocycles. The van der Waals surface area contributed by atoms with Crippen LogP contribution in [0.5, 0.6) is 0 Å². The lowest BCUT2D eigenvalue weighted by Crippen LogP contribution is -2.32. The van der Waals surface area contributed by atoms with E-state index in [1.54, 1.807) is 41.4 Å². The highest BCUT2D eigenvalue weighted by molar-refractivity contribution is 6.30. The topological polar surface area (TPSA) is 88.3 Å². The minimum absolute atomic E-state index is 0.147. The number of amides is 2. The highest BCUT2D eigenvalue weighted by atomic mass is 35.5. The Bertz CT molecular complexity index is 1250. The Morgan fingerprint density at radius 3 is 2.56 bits per heavy atom. The SMILES string of the molecule is O=C(NCc1cccc(Cl)c1)c1cc(CN(CCc2ccccc2)C(=O)c2cccnc2)on1. The first-order valence-corrected chi connectivity index (χ1v) is 11.2. The molecule has 2 aromatic heterocycles. The Balaban J connectivity index is 1.43. The fourth-order valence-corrected chi connectivity index (χ4v) is 3.65. The van der Waals surface area contributed by atoms with E-state index in [9.17, 15) is 9.59 Å². The Labute approximate surface area is 202 Å². The zero-order valence-corrected chi connectivity index (χ0v) is 19.1. The monoisotopic (exact) mass is 474 g/mol. The first-order chi connectivity index (χ1) is 16.6. The van der Waals surface area contributed by atoms with E-state index in [0.29, 0.717) is 35.9 Å². The quantitative estimate of drug-likeness (QED) is 0.385. The second-order valence-electron chi connectivity index (χ2n) is 7.70. The third-order valence-electron chi connectivity index (χ3n) is 5.19. The molecule has 0 fully saturated rings. The number of hydrogen-bond donors (Lipinski definition) is 1. The van der Waals surface area contributed by atoms with Gasteiger partial charge in [0.1, 0.15) is 0 Å². The van der Waals surface area contributed by atoms with Crippen LogP contribution in [-0.4, -0.2) is 33.4 Å². The summed E-state index contributed by atoms with van der Waals surface area (Å²) in [5, 5.41) is 7.28. The summed E-state index contributed by atoms with van der Waals surface area (Å²) in [5.74, 6) is -0.130. The van der Waals surface area contributed by atoms with E-state index in [-0.39, 0.29) is 24.1 Å². The molecule has 4 aromatic rings. The lowest BCUT2D eigenvalue weighted by molar-refractivity contribution is 0.0728. The molecular formula is C26H23ClN4O3. The summed E-state index contributed by atoms with van der Waals surface area (Å²) in [4.78, 5) is 31.4. The Kier molecular flexibility index (Phi) is 7.67. The summed E-state index contributed by atoms with van der Waals surface area (Å²) in [6.07, 6.45) is 3.83. The van der Waals surface area contributed by atoms with E-state index in [0.717, 1.165) is 11.1 Å². The van der Waals surface area contributed by atoms with Crippen molar-refractivity contribution in [1.29, 1.82) is 0 Å². The Hall–Kier alpha value is -3.97. The number of benzene rings is 2. The van der Waals surface area contributed by atoms with E-state index >= 15 is 0 Å². The number of nitrogens with zero attached hydrogens (tertiary/aromatic N) is 3. The van der Waals surface area contributed by atoms with Crippen molar-refractivity contribution in [2.75, 3.05) is 6.54 Å². The van der Waals surface area contributed by atoms with E-state index < -0.39 is 0 Å². The second kappa shape index (κ2) is 11.2. The zero-order valence-electron chi connectivity index (χ0n) is 18.4. The number of hydrogen-bond acceptors (Lipinski definition) is 5. The first kappa shape index (κ1) is 23.2. The van der Waals surface area contributed by atoms with Crippen molar-refractivity contribution in [3.63, 3.8) is 0 Å². The third kappa shape index (κ3) is 6.30. The van der Waals surface area contributed by atoms with Crippen LogP contribution in [0.3, 0.4) is 0 Å². The van der Waals surface area contributed by atoms with Crippen molar-refractivity contribution in [1.82, 2.24) is 20.4 Å². The number of carbonyl (C=O) groups excluding carboxylic acids is 2. The molecule has 1 N–H and O–H groups in total. The summed E-state index contributed by atoms with van der Waals surface area (Å²) in [6.45, 7) is 0.953. The van der Waals surface area contributed by atoms with E-state index in [1.165, 1.54) is 6.20 Å². The average molecular weight is 475 g/mol. The van der Waals surface area contributed by atoms with Crippen molar-refractivity contribution >= 4 is 23.4 Å². The molecule has 0 saturated carbocycles. The van der Waals surface area contributed by atoms with E-state index in [2.05, 4.69) is 15.5 Å². The molecule has 8 heteroatoms. The normalized spacial score (nSPS) is 10.6. The minimum atomic E-state index is -0.371. The number of carbonyl (C=O) groups is 2. The maximum absolute atomic E-state index is 13.1. The zero-order chi connectivity index (χ0) is 23.8. The third-order valence-corrected chi connectivity index (χ3v) is 5.42. The Morgan fingerprint density at radius 2 is 1.79 bits per heavy atom. The van der Waals surface area contributed by atoms with Gasteiger partial charge in [-0.15, -0.1) is 0 Å². The van der Waals surface area contributed by atoms with Crippen molar-refractivity contribution < 1.29 is 14.1 Å². The molecule has 2 heterocycles. The van der Waals surface area contributed by atoms with Crippen LogP contribution in [0.2, 0.25) is 5.02 Å². The van der Waals surface area contributed by atoms with Crippen LogP contribution in [0.15, 0.2) is 89.7 Å². The number of rotatable bonds is 9. The van der Waals surface area contributed by atoms with Gasteiger partial charge in [-0.3, -0.25) is 14.6 Å². The van der Waals surface area contributed by atoms with Crippen LogP contribution >= 0.6 is 11.6 Å². The Morgan fingerprint density at radius 1 is 0.971 bits per heavy atom. The smallest absolute Gasteiger partial charge is 0.273 e. The lowest BCUT2D eigenvalue weighted by Gasteiger charge is -2.21. The van der Waals surface area contributed by atoms with Crippen LogP contribution in [-0.2, 0) is 19.5 Å². The molecule has 0 radical (unpaired) electrons. The largest absolute Gasteiger partial charge is 0.359 e. The number of aromatic nitrogens is 2. The fourth-order valence-electron chi connectivity index (χ4n) is 3.44. The van der Waals surface area contributed by atoms with Gasteiger partial charge in [0, 0.05) is 36.6 Å². The van der Waals surface area contributed by atoms with Gasteiger partial charge in [0.15, 0.2) is 11.5 Å². The van der Waals surface area contributed by atoms with Crippen LogP contribution < -0.4 is 5.32 Å². The van der Waals surface area contributed by atoms with Crippen LogP contribution in [0.1, 0.15) is 37.7 Å². The highest BCUT2D eigenvalue weighted by Crippen LogP contribution is 2.14. The molecule has 0 unspecified atom stereocenters. The van der Waals surface area contributed by atoms with Gasteiger partial charge in [0.25, 0.3) is 11.8 Å². The van der Waals surface area contributed by atoms with Gasteiger partial charge in [-0.1, -0.05) is 59.2 Å². The number of pyridine rings is 1. The number of halogens is 1. The maximum Gasteiger partial charge on any atom is 0.273 e. The van der Waals surface area contributed by atoms with Crippen LogP contribution in [0.25, 0.3) is 0 Å². The van der Waals surface area contributed by atoms with Gasteiger partial charge >= 0.3 is 0 Å². The number of nitrogens with one attached hydrogen (secondary N) is 1. The molecule has 0 bridgehead atoms. The van der Waals surface area contributed by atoms with Gasteiger partial charge in [-0.25, -0.2) is 0 Å². The summed E-state index contributed by atoms with van der Waals surface area (Å²) in [7, 11) is 0. The van der Waals surface area contributed by atoms with Crippen LogP contribution in [0, 0.1) is 0 Å². The highest BCUT2D eigenvalue weighted by Gasteiger charge is 2.20. The van der Waals surface area contributed by atoms with Gasteiger partial charge < -0.3 is 14.7 Å². The average Bonchev–Trinajstić information content (AvgIpc) is 3.34. The standard InChI is InChI=1S/C26H23ClN4O3/c27-22-10-4-8-20(14-22)16-29-25(32)24-15-23(34-30-24)18-31(13-11-19-6-2-1-3-7-19)26(33)21-9-5-12-28-17-21/h1-10,12,14-15,17H,11,13,16,18H2,(H,29,32). The summed E-state index contributed by atoms with van der Waals surface area (Å²) in [5.41, 5.74) is 2.62. The van der Waals surface area contributed by atoms with Gasteiger partial charge in [0.05, 0.1) is 12.1 Å². The van der Waals surface area contributed by atoms with Crippen molar-refractivity contribution in [3.05, 3.63) is 118 Å². The molecular weight excluding hydrogens is 452 g/mol. The fraction of sp³-hybridized carbons (Fsp3) is 0.154. The first-order valence-electron chi connectivity index (χ1n) is 10.8. The molecule has 0 saturated heterocycles. The molecule has 0 atom stereocenters. The van der Waals surface area contributed by atoms with Gasteiger partial charge in [0.2, 0.25) is 0 Å². The summed E-state index contributed by atoms with van der Waals surface area (Å²) < 4.78 is 5.38. The van der Waals surface area contributed by atoms with E-state index in [4.69, 9.17) is 16.1 Å². The second-order valence-corrected chi connectivity index (χ2v) is 8.13.